The Bertz CT molecular complexity index is 1130. The lowest BCUT2D eigenvalue weighted by Gasteiger charge is -2.35. The van der Waals surface area contributed by atoms with Gasteiger partial charge in [0.1, 0.15) is 10.4 Å². The second kappa shape index (κ2) is 9.44. The largest absolute Gasteiger partial charge is 0.496 e. The molecule has 2 unspecified atom stereocenters. The molecule has 0 spiro atoms. The maximum Gasteiger partial charge on any atom is 0.272 e. The molecule has 3 aromatic rings. The summed E-state index contributed by atoms with van der Waals surface area (Å²) >= 11 is 2.73. The fraction of sp³-hybridized carbons (Fsp3) is 0.435. The molecular formula is C23H27N3O3S2. The zero-order valence-electron chi connectivity index (χ0n) is 18.0. The topological polar surface area (TPSA) is 64.4 Å². The monoisotopic (exact) mass is 457 g/mol. The van der Waals surface area contributed by atoms with E-state index >= 15 is 0 Å². The SMILES string of the molecule is COc1ccccc1Cn1c(SCC(=O)N2CC(C)CC(C)C2)nc2ccsc2c1=O. The van der Waals surface area contributed by atoms with E-state index in [2.05, 4.69) is 13.8 Å². The number of carbonyl (C=O) groups is 1. The molecule has 0 bridgehead atoms. The van der Waals surface area contributed by atoms with Gasteiger partial charge in [-0.05, 0) is 35.8 Å². The summed E-state index contributed by atoms with van der Waals surface area (Å²) in [5, 5.41) is 2.44. The van der Waals surface area contributed by atoms with Crippen LogP contribution in [0.5, 0.6) is 5.75 Å². The number of likely N-dealkylation sites (tertiary alicyclic amines) is 1. The predicted molar refractivity (Wildman–Crippen MR) is 126 cm³/mol. The number of benzene rings is 1. The molecule has 0 aliphatic carbocycles. The molecule has 0 radical (unpaired) electrons. The number of thioether (sulfide) groups is 1. The Morgan fingerprint density at radius 3 is 2.71 bits per heavy atom. The van der Waals surface area contributed by atoms with Crippen molar-refractivity contribution in [2.45, 2.75) is 32.0 Å². The number of rotatable bonds is 6. The molecule has 1 amide bonds. The van der Waals surface area contributed by atoms with Crippen LogP contribution in [-0.4, -0.2) is 46.3 Å². The number of piperidine rings is 1. The first-order valence-corrected chi connectivity index (χ1v) is 12.3. The van der Waals surface area contributed by atoms with Crippen LogP contribution in [0.2, 0.25) is 0 Å². The van der Waals surface area contributed by atoms with Crippen molar-refractivity contribution in [2.24, 2.45) is 11.8 Å². The van der Waals surface area contributed by atoms with Crippen LogP contribution < -0.4 is 10.3 Å². The van der Waals surface area contributed by atoms with E-state index < -0.39 is 0 Å². The van der Waals surface area contributed by atoms with Gasteiger partial charge < -0.3 is 9.64 Å². The number of carbonyl (C=O) groups excluding carboxylic acids is 1. The highest BCUT2D eigenvalue weighted by Gasteiger charge is 2.26. The first-order chi connectivity index (χ1) is 15.0. The first-order valence-electron chi connectivity index (χ1n) is 10.5. The van der Waals surface area contributed by atoms with E-state index in [0.29, 0.717) is 33.8 Å². The minimum Gasteiger partial charge on any atom is -0.496 e. The first kappa shape index (κ1) is 21.9. The van der Waals surface area contributed by atoms with Crippen molar-refractivity contribution < 1.29 is 9.53 Å². The number of thiophene rings is 1. The van der Waals surface area contributed by atoms with Gasteiger partial charge in [0, 0.05) is 18.7 Å². The van der Waals surface area contributed by atoms with E-state index in [9.17, 15) is 9.59 Å². The van der Waals surface area contributed by atoms with E-state index in [1.807, 2.05) is 40.6 Å². The van der Waals surface area contributed by atoms with Crippen molar-refractivity contribution in [3.05, 3.63) is 51.6 Å². The Morgan fingerprint density at radius 1 is 1.23 bits per heavy atom. The molecule has 0 saturated carbocycles. The lowest BCUT2D eigenvalue weighted by molar-refractivity contribution is -0.130. The number of amides is 1. The normalized spacial score (nSPS) is 19.0. The summed E-state index contributed by atoms with van der Waals surface area (Å²) in [5.74, 6) is 2.13. The van der Waals surface area contributed by atoms with E-state index in [1.165, 1.54) is 23.1 Å². The highest BCUT2D eigenvalue weighted by Crippen LogP contribution is 2.26. The number of methoxy groups -OCH3 is 1. The molecule has 1 aliphatic heterocycles. The smallest absolute Gasteiger partial charge is 0.272 e. The van der Waals surface area contributed by atoms with E-state index in [-0.39, 0.29) is 17.2 Å². The van der Waals surface area contributed by atoms with Gasteiger partial charge in [-0.1, -0.05) is 43.8 Å². The summed E-state index contributed by atoms with van der Waals surface area (Å²) in [6, 6.07) is 9.51. The summed E-state index contributed by atoms with van der Waals surface area (Å²) < 4.78 is 7.76. The zero-order valence-corrected chi connectivity index (χ0v) is 19.7. The van der Waals surface area contributed by atoms with Gasteiger partial charge in [-0.15, -0.1) is 11.3 Å². The third-order valence-electron chi connectivity index (χ3n) is 5.60. The predicted octanol–water partition coefficient (Wildman–Crippen LogP) is 4.11. The molecule has 4 rings (SSSR count). The minimum absolute atomic E-state index is 0.0823. The summed E-state index contributed by atoms with van der Waals surface area (Å²) in [6.07, 6.45) is 1.16. The summed E-state index contributed by atoms with van der Waals surface area (Å²) in [6.45, 7) is 6.33. The second-order valence-corrected chi connectivity index (χ2v) is 10.1. The molecule has 1 aromatic carbocycles. The molecule has 0 N–H and O–H groups in total. The van der Waals surface area contributed by atoms with E-state index in [0.717, 1.165) is 30.8 Å². The van der Waals surface area contributed by atoms with E-state index in [1.54, 1.807) is 11.7 Å². The van der Waals surface area contributed by atoms with Crippen LogP contribution in [0.4, 0.5) is 0 Å². The maximum atomic E-state index is 13.2. The van der Waals surface area contributed by atoms with Crippen LogP contribution in [0.25, 0.3) is 10.2 Å². The van der Waals surface area contributed by atoms with E-state index in [4.69, 9.17) is 9.72 Å². The maximum absolute atomic E-state index is 13.2. The summed E-state index contributed by atoms with van der Waals surface area (Å²) in [4.78, 5) is 32.8. The highest BCUT2D eigenvalue weighted by atomic mass is 32.2. The number of aromatic nitrogens is 2. The fourth-order valence-electron chi connectivity index (χ4n) is 4.26. The molecule has 31 heavy (non-hydrogen) atoms. The summed E-state index contributed by atoms with van der Waals surface area (Å²) in [7, 11) is 1.62. The quantitative estimate of drug-likeness (QED) is 0.412. The van der Waals surface area contributed by atoms with Gasteiger partial charge in [0.05, 0.1) is 24.9 Å². The molecule has 6 nitrogen and oxygen atoms in total. The molecule has 1 aliphatic rings. The van der Waals surface area contributed by atoms with Crippen LogP contribution in [0.3, 0.4) is 0 Å². The number of nitrogens with zero attached hydrogens (tertiary/aromatic N) is 3. The van der Waals surface area contributed by atoms with Gasteiger partial charge in [-0.2, -0.15) is 0 Å². The van der Waals surface area contributed by atoms with Crippen LogP contribution in [0.1, 0.15) is 25.8 Å². The molecule has 1 saturated heterocycles. The molecule has 3 heterocycles. The van der Waals surface area contributed by atoms with Crippen LogP contribution in [0, 0.1) is 11.8 Å². The lowest BCUT2D eigenvalue weighted by atomic mass is 9.92. The van der Waals surface area contributed by atoms with Crippen molar-refractivity contribution >= 4 is 39.2 Å². The molecule has 164 valence electrons. The lowest BCUT2D eigenvalue weighted by Crippen LogP contribution is -2.43. The van der Waals surface area contributed by atoms with Crippen LogP contribution >= 0.6 is 23.1 Å². The second-order valence-electron chi connectivity index (χ2n) is 8.27. The number of para-hydroxylation sites is 1. The third kappa shape index (κ3) is 4.80. The Morgan fingerprint density at radius 2 is 1.97 bits per heavy atom. The van der Waals surface area contributed by atoms with Crippen molar-refractivity contribution in [1.82, 2.24) is 14.5 Å². The van der Waals surface area contributed by atoms with Gasteiger partial charge in [-0.3, -0.25) is 14.2 Å². The average Bonchev–Trinajstić information content (AvgIpc) is 3.22. The Kier molecular flexibility index (Phi) is 6.67. The summed E-state index contributed by atoms with van der Waals surface area (Å²) in [5.41, 5.74) is 1.50. The van der Waals surface area contributed by atoms with Crippen LogP contribution in [0.15, 0.2) is 45.7 Å². The van der Waals surface area contributed by atoms with Gasteiger partial charge in [0.25, 0.3) is 5.56 Å². The van der Waals surface area contributed by atoms with Crippen molar-refractivity contribution in [3.63, 3.8) is 0 Å². The number of ether oxygens (including phenoxy) is 1. The van der Waals surface area contributed by atoms with Gasteiger partial charge in [-0.25, -0.2) is 4.98 Å². The van der Waals surface area contributed by atoms with Crippen molar-refractivity contribution in [2.75, 3.05) is 26.0 Å². The number of fused-ring (bicyclic) bond motifs is 1. The average molecular weight is 458 g/mol. The van der Waals surface area contributed by atoms with Gasteiger partial charge >= 0.3 is 0 Å². The molecule has 8 heteroatoms. The number of hydrogen-bond acceptors (Lipinski definition) is 6. The Labute approximate surface area is 190 Å². The molecule has 2 aromatic heterocycles. The number of hydrogen-bond donors (Lipinski definition) is 0. The van der Waals surface area contributed by atoms with Gasteiger partial charge in [0.2, 0.25) is 5.91 Å². The third-order valence-corrected chi connectivity index (χ3v) is 7.45. The van der Waals surface area contributed by atoms with Crippen molar-refractivity contribution in [3.8, 4) is 5.75 Å². The molecule has 2 atom stereocenters. The fourth-order valence-corrected chi connectivity index (χ4v) is 5.94. The minimum atomic E-state index is -0.0823. The standard InChI is InChI=1S/C23H27N3O3S2/c1-15-10-16(2)12-25(11-15)20(27)14-31-23-24-18-8-9-30-21(18)22(28)26(23)13-17-6-4-5-7-19(17)29-3/h4-9,15-16H,10-14H2,1-3H3. The zero-order chi connectivity index (χ0) is 22.0. The Hall–Kier alpha value is -2.32. The molecular weight excluding hydrogens is 430 g/mol. The Balaban J connectivity index is 1.61. The van der Waals surface area contributed by atoms with Crippen LogP contribution in [-0.2, 0) is 11.3 Å². The molecule has 1 fully saturated rings. The van der Waals surface area contributed by atoms with Crippen molar-refractivity contribution in [1.29, 1.82) is 0 Å². The van der Waals surface area contributed by atoms with Gasteiger partial charge in [0.15, 0.2) is 5.16 Å². The highest BCUT2D eigenvalue weighted by molar-refractivity contribution is 7.99.